The van der Waals surface area contributed by atoms with E-state index in [1.165, 1.54) is 6.07 Å². The van der Waals surface area contributed by atoms with Gasteiger partial charge in [0, 0.05) is 18.2 Å². The normalized spacial score (nSPS) is 10.6. The minimum absolute atomic E-state index is 0.0654. The number of rotatable bonds is 7. The van der Waals surface area contributed by atoms with Gasteiger partial charge in [-0.25, -0.2) is 0 Å². The Hall–Kier alpha value is -2.40. The molecule has 2 rings (SSSR count). The van der Waals surface area contributed by atoms with Crippen LogP contribution < -0.4 is 15.2 Å². The highest BCUT2D eigenvalue weighted by Crippen LogP contribution is 2.33. The molecule has 0 aliphatic heterocycles. The fourth-order valence-electron chi connectivity index (χ4n) is 2.73. The summed E-state index contributed by atoms with van der Waals surface area (Å²) in [5, 5.41) is 19.1. The molecule has 2 aromatic carbocycles. The SMILES string of the molecule is COc1ccc(CCCc2ccc(O)cc2O)c(OC)c1CN. The molecule has 4 N–H and O–H groups in total. The Morgan fingerprint density at radius 3 is 2.26 bits per heavy atom. The maximum absolute atomic E-state index is 9.82. The fraction of sp³-hybridized carbons (Fsp3) is 0.333. The second-order valence-electron chi connectivity index (χ2n) is 5.31. The Labute approximate surface area is 136 Å². The summed E-state index contributed by atoms with van der Waals surface area (Å²) in [5.74, 6) is 1.68. The predicted octanol–water partition coefficient (Wildman–Crippen LogP) is 2.75. The lowest BCUT2D eigenvalue weighted by Gasteiger charge is -2.16. The largest absolute Gasteiger partial charge is 0.508 e. The van der Waals surface area contributed by atoms with Gasteiger partial charge in [-0.15, -0.1) is 0 Å². The van der Waals surface area contributed by atoms with Crippen molar-refractivity contribution in [2.75, 3.05) is 14.2 Å². The number of methoxy groups -OCH3 is 2. The number of ether oxygens (including phenoxy) is 2. The maximum Gasteiger partial charge on any atom is 0.130 e. The third-order valence-corrected chi connectivity index (χ3v) is 3.89. The van der Waals surface area contributed by atoms with Crippen molar-refractivity contribution < 1.29 is 19.7 Å². The van der Waals surface area contributed by atoms with Gasteiger partial charge in [0.1, 0.15) is 23.0 Å². The summed E-state index contributed by atoms with van der Waals surface area (Å²) < 4.78 is 10.8. The maximum atomic E-state index is 9.82. The van der Waals surface area contributed by atoms with E-state index < -0.39 is 0 Å². The van der Waals surface area contributed by atoms with Crippen molar-refractivity contribution in [2.24, 2.45) is 5.73 Å². The van der Waals surface area contributed by atoms with Gasteiger partial charge in [-0.2, -0.15) is 0 Å². The molecule has 0 aliphatic rings. The average molecular weight is 317 g/mol. The second kappa shape index (κ2) is 7.74. The van der Waals surface area contributed by atoms with Crippen LogP contribution in [0.5, 0.6) is 23.0 Å². The number of hydrogen-bond donors (Lipinski definition) is 3. The van der Waals surface area contributed by atoms with Crippen molar-refractivity contribution in [3.63, 3.8) is 0 Å². The van der Waals surface area contributed by atoms with Gasteiger partial charge >= 0.3 is 0 Å². The Bertz CT molecular complexity index is 670. The van der Waals surface area contributed by atoms with Crippen LogP contribution in [0.2, 0.25) is 0 Å². The van der Waals surface area contributed by atoms with Crippen LogP contribution in [-0.2, 0) is 19.4 Å². The fourth-order valence-corrected chi connectivity index (χ4v) is 2.73. The van der Waals surface area contributed by atoms with Crippen LogP contribution in [0.1, 0.15) is 23.1 Å². The number of phenols is 2. The number of nitrogens with two attached hydrogens (primary N) is 1. The molecule has 0 heterocycles. The molecule has 124 valence electrons. The summed E-state index contributed by atoms with van der Waals surface area (Å²) in [4.78, 5) is 0. The first-order chi connectivity index (χ1) is 11.1. The molecule has 0 aromatic heterocycles. The molecule has 0 bridgehead atoms. The topological polar surface area (TPSA) is 84.9 Å². The lowest BCUT2D eigenvalue weighted by molar-refractivity contribution is 0.382. The smallest absolute Gasteiger partial charge is 0.130 e. The first-order valence-corrected chi connectivity index (χ1v) is 7.54. The molecular formula is C18H23NO4. The minimum Gasteiger partial charge on any atom is -0.508 e. The number of aryl methyl sites for hydroxylation is 2. The van der Waals surface area contributed by atoms with Crippen molar-refractivity contribution in [1.29, 1.82) is 0 Å². The Kier molecular flexibility index (Phi) is 5.71. The van der Waals surface area contributed by atoms with Crippen molar-refractivity contribution in [1.82, 2.24) is 0 Å². The first-order valence-electron chi connectivity index (χ1n) is 7.54. The van der Waals surface area contributed by atoms with Gasteiger partial charge in [0.25, 0.3) is 0 Å². The summed E-state index contributed by atoms with van der Waals surface area (Å²) in [6.45, 7) is 0.346. The highest BCUT2D eigenvalue weighted by molar-refractivity contribution is 5.50. The van der Waals surface area contributed by atoms with Crippen LogP contribution in [0.25, 0.3) is 0 Å². The third kappa shape index (κ3) is 3.87. The number of phenolic OH excluding ortho intramolecular Hbond substituents is 2. The van der Waals surface area contributed by atoms with Gasteiger partial charge in [-0.3, -0.25) is 0 Å². The summed E-state index contributed by atoms with van der Waals surface area (Å²) in [6, 6.07) is 8.55. The van der Waals surface area contributed by atoms with E-state index in [1.807, 2.05) is 12.1 Å². The van der Waals surface area contributed by atoms with Crippen molar-refractivity contribution in [3.05, 3.63) is 47.0 Å². The highest BCUT2D eigenvalue weighted by Gasteiger charge is 2.13. The van der Waals surface area contributed by atoms with Crippen LogP contribution in [0, 0.1) is 0 Å². The molecule has 5 heteroatoms. The van der Waals surface area contributed by atoms with E-state index in [2.05, 4.69) is 0 Å². The molecule has 0 saturated heterocycles. The summed E-state index contributed by atoms with van der Waals surface area (Å²) in [7, 11) is 3.24. The standard InChI is InChI=1S/C18H23NO4/c1-22-17-9-7-13(18(23-2)15(17)11-19)5-3-4-12-6-8-14(20)10-16(12)21/h6-10,20-21H,3-5,11,19H2,1-2H3. The summed E-state index contributed by atoms with van der Waals surface area (Å²) in [6.07, 6.45) is 2.34. The van der Waals surface area contributed by atoms with Gasteiger partial charge in [-0.1, -0.05) is 12.1 Å². The van der Waals surface area contributed by atoms with Crippen LogP contribution >= 0.6 is 0 Å². The molecule has 0 fully saturated rings. The minimum atomic E-state index is 0.0654. The molecule has 23 heavy (non-hydrogen) atoms. The van der Waals surface area contributed by atoms with E-state index in [0.717, 1.165) is 41.0 Å². The zero-order valence-corrected chi connectivity index (χ0v) is 13.5. The van der Waals surface area contributed by atoms with Crippen LogP contribution in [0.4, 0.5) is 0 Å². The van der Waals surface area contributed by atoms with Gasteiger partial charge < -0.3 is 25.4 Å². The monoisotopic (exact) mass is 317 g/mol. The molecule has 0 aliphatic carbocycles. The van der Waals surface area contributed by atoms with Crippen LogP contribution in [0.3, 0.4) is 0 Å². The third-order valence-electron chi connectivity index (χ3n) is 3.89. The van der Waals surface area contributed by atoms with Gasteiger partial charge in [0.15, 0.2) is 0 Å². The Morgan fingerprint density at radius 1 is 0.957 bits per heavy atom. The van der Waals surface area contributed by atoms with E-state index in [4.69, 9.17) is 15.2 Å². The lowest BCUT2D eigenvalue weighted by atomic mass is 10.00. The van der Waals surface area contributed by atoms with Crippen LogP contribution in [-0.4, -0.2) is 24.4 Å². The Morgan fingerprint density at radius 2 is 1.65 bits per heavy atom. The molecule has 0 spiro atoms. The zero-order chi connectivity index (χ0) is 16.8. The molecule has 5 nitrogen and oxygen atoms in total. The summed E-state index contributed by atoms with van der Waals surface area (Å²) in [5.41, 5.74) is 8.55. The molecule has 0 unspecified atom stereocenters. The predicted molar refractivity (Wildman–Crippen MR) is 89.2 cm³/mol. The van der Waals surface area contributed by atoms with Crippen LogP contribution in [0.15, 0.2) is 30.3 Å². The van der Waals surface area contributed by atoms with Crippen molar-refractivity contribution >= 4 is 0 Å². The molecule has 0 radical (unpaired) electrons. The van der Waals surface area contributed by atoms with Gasteiger partial charge in [0.2, 0.25) is 0 Å². The lowest BCUT2D eigenvalue weighted by Crippen LogP contribution is -2.05. The van der Waals surface area contributed by atoms with Crippen molar-refractivity contribution in [3.8, 4) is 23.0 Å². The Balaban J connectivity index is 2.11. The molecular weight excluding hydrogens is 294 g/mol. The van der Waals surface area contributed by atoms with E-state index in [0.29, 0.717) is 13.0 Å². The number of benzene rings is 2. The molecule has 0 atom stereocenters. The molecule has 0 saturated carbocycles. The summed E-state index contributed by atoms with van der Waals surface area (Å²) >= 11 is 0. The average Bonchev–Trinajstić information content (AvgIpc) is 2.55. The van der Waals surface area contributed by atoms with Gasteiger partial charge in [0.05, 0.1) is 14.2 Å². The highest BCUT2D eigenvalue weighted by atomic mass is 16.5. The van der Waals surface area contributed by atoms with E-state index in [1.54, 1.807) is 26.4 Å². The number of aromatic hydroxyl groups is 2. The zero-order valence-electron chi connectivity index (χ0n) is 13.5. The first kappa shape index (κ1) is 17.0. The van der Waals surface area contributed by atoms with E-state index >= 15 is 0 Å². The molecule has 0 amide bonds. The van der Waals surface area contributed by atoms with Crippen molar-refractivity contribution in [2.45, 2.75) is 25.8 Å². The van der Waals surface area contributed by atoms with E-state index in [9.17, 15) is 10.2 Å². The number of hydrogen-bond acceptors (Lipinski definition) is 5. The quantitative estimate of drug-likeness (QED) is 0.731. The second-order valence-corrected chi connectivity index (χ2v) is 5.31. The molecule has 2 aromatic rings. The van der Waals surface area contributed by atoms with Gasteiger partial charge in [-0.05, 0) is 42.5 Å². The van der Waals surface area contributed by atoms with E-state index in [-0.39, 0.29) is 11.5 Å².